The summed E-state index contributed by atoms with van der Waals surface area (Å²) in [5.74, 6) is 1.65. The molecule has 1 unspecified atom stereocenters. The summed E-state index contributed by atoms with van der Waals surface area (Å²) in [6, 6.07) is 0.0889. The number of rotatable bonds is 8. The van der Waals surface area contributed by atoms with Gasteiger partial charge in [-0.3, -0.25) is 4.99 Å². The second kappa shape index (κ2) is 9.18. The number of guanidine groups is 1. The molecule has 114 valence electrons. The van der Waals surface area contributed by atoms with E-state index >= 15 is 0 Å². The van der Waals surface area contributed by atoms with E-state index < -0.39 is 9.84 Å². The summed E-state index contributed by atoms with van der Waals surface area (Å²) in [5, 5.41) is 6.44. The zero-order valence-corrected chi connectivity index (χ0v) is 13.7. The molecular weight excluding hydrogens is 262 g/mol. The van der Waals surface area contributed by atoms with Gasteiger partial charge in [0.2, 0.25) is 0 Å². The summed E-state index contributed by atoms with van der Waals surface area (Å²) in [7, 11) is -1.17. The van der Waals surface area contributed by atoms with E-state index in [0.717, 1.165) is 18.9 Å². The molecule has 0 bridgehead atoms. The highest BCUT2D eigenvalue weighted by atomic mass is 32.2. The molecule has 0 aromatic rings. The van der Waals surface area contributed by atoms with Crippen molar-refractivity contribution >= 4 is 15.8 Å². The van der Waals surface area contributed by atoms with Crippen LogP contribution in [0, 0.1) is 5.92 Å². The first-order valence-electron chi connectivity index (χ1n) is 6.89. The number of nitrogens with zero attached hydrogens (tertiary/aromatic N) is 1. The van der Waals surface area contributed by atoms with Crippen molar-refractivity contribution in [2.45, 2.75) is 46.1 Å². The van der Waals surface area contributed by atoms with Crippen LogP contribution in [-0.4, -0.2) is 46.0 Å². The van der Waals surface area contributed by atoms with Crippen molar-refractivity contribution in [2.24, 2.45) is 10.9 Å². The van der Waals surface area contributed by atoms with Crippen molar-refractivity contribution in [2.75, 3.05) is 25.6 Å². The van der Waals surface area contributed by atoms with Gasteiger partial charge >= 0.3 is 0 Å². The van der Waals surface area contributed by atoms with Crippen LogP contribution in [0.4, 0.5) is 0 Å². The molecule has 0 aromatic heterocycles. The molecule has 0 aliphatic rings. The largest absolute Gasteiger partial charge is 0.356 e. The molecule has 0 fully saturated rings. The second-order valence-corrected chi connectivity index (χ2v) is 7.76. The maximum atomic E-state index is 11.1. The van der Waals surface area contributed by atoms with Crippen molar-refractivity contribution in [3.05, 3.63) is 0 Å². The fourth-order valence-corrected chi connectivity index (χ4v) is 2.39. The molecule has 0 aromatic carbocycles. The first-order chi connectivity index (χ1) is 8.74. The number of aliphatic imine (C=N–C) groups is 1. The summed E-state index contributed by atoms with van der Waals surface area (Å²) in [6.45, 7) is 7.27. The Balaban J connectivity index is 3.92. The maximum Gasteiger partial charge on any atom is 0.191 e. The molecule has 1 atom stereocenters. The van der Waals surface area contributed by atoms with Gasteiger partial charge < -0.3 is 10.6 Å². The van der Waals surface area contributed by atoms with Crippen molar-refractivity contribution in [3.8, 4) is 0 Å². The van der Waals surface area contributed by atoms with Gasteiger partial charge in [-0.2, -0.15) is 0 Å². The monoisotopic (exact) mass is 291 g/mol. The molecule has 0 saturated carbocycles. The smallest absolute Gasteiger partial charge is 0.191 e. The molecule has 0 rings (SSSR count). The highest BCUT2D eigenvalue weighted by Crippen LogP contribution is 2.01. The zero-order chi connectivity index (χ0) is 14.9. The molecule has 2 N–H and O–H groups in total. The number of sulfone groups is 1. The summed E-state index contributed by atoms with van der Waals surface area (Å²) >= 11 is 0. The zero-order valence-electron chi connectivity index (χ0n) is 12.9. The minimum Gasteiger partial charge on any atom is -0.356 e. The normalized spacial score (nSPS) is 14.5. The molecule has 0 spiro atoms. The number of hydrogen-bond donors (Lipinski definition) is 2. The van der Waals surface area contributed by atoms with Gasteiger partial charge in [-0.1, -0.05) is 13.8 Å². The Morgan fingerprint density at radius 3 is 2.32 bits per heavy atom. The van der Waals surface area contributed by atoms with Crippen LogP contribution >= 0.6 is 0 Å². The molecule has 0 aliphatic carbocycles. The molecule has 6 heteroatoms. The van der Waals surface area contributed by atoms with Crippen LogP contribution in [-0.2, 0) is 9.84 Å². The minimum absolute atomic E-state index is 0.0889. The summed E-state index contributed by atoms with van der Waals surface area (Å²) in [5.41, 5.74) is 0. The van der Waals surface area contributed by atoms with Gasteiger partial charge in [-0.15, -0.1) is 0 Å². The Kier molecular flexibility index (Phi) is 8.80. The van der Waals surface area contributed by atoms with Gasteiger partial charge in [-0.05, 0) is 32.1 Å². The van der Waals surface area contributed by atoms with Crippen LogP contribution in [0.2, 0.25) is 0 Å². The third kappa shape index (κ3) is 12.0. The Morgan fingerprint density at radius 1 is 1.21 bits per heavy atom. The summed E-state index contributed by atoms with van der Waals surface area (Å²) < 4.78 is 22.2. The second-order valence-electron chi connectivity index (χ2n) is 5.50. The van der Waals surface area contributed by atoms with Crippen molar-refractivity contribution in [1.82, 2.24) is 10.6 Å². The highest BCUT2D eigenvalue weighted by Gasteiger charge is 2.09. The lowest BCUT2D eigenvalue weighted by Crippen LogP contribution is -2.43. The van der Waals surface area contributed by atoms with Crippen LogP contribution in [0.25, 0.3) is 0 Å². The fourth-order valence-electron chi connectivity index (χ4n) is 1.61. The van der Waals surface area contributed by atoms with E-state index in [9.17, 15) is 8.42 Å². The Hall–Kier alpha value is -0.780. The summed E-state index contributed by atoms with van der Waals surface area (Å²) in [4.78, 5) is 4.13. The molecule has 0 radical (unpaired) electrons. The third-order valence-corrected chi connectivity index (χ3v) is 3.76. The Labute approximate surface area is 118 Å². The van der Waals surface area contributed by atoms with Gasteiger partial charge in [0.05, 0.1) is 5.75 Å². The van der Waals surface area contributed by atoms with E-state index in [1.807, 2.05) is 6.92 Å². The highest BCUT2D eigenvalue weighted by molar-refractivity contribution is 7.90. The standard InChI is InChI=1S/C13H29N3O2S/c1-11(2)7-6-9-15-13(14-4)16-12(3)8-10-19(5,17)18/h11-12H,6-10H2,1-5H3,(H2,14,15,16). The lowest BCUT2D eigenvalue weighted by atomic mass is 10.1. The Bertz CT molecular complexity index is 364. The van der Waals surface area contributed by atoms with Crippen molar-refractivity contribution < 1.29 is 8.42 Å². The fraction of sp³-hybridized carbons (Fsp3) is 0.923. The van der Waals surface area contributed by atoms with Gasteiger partial charge in [0, 0.05) is 25.9 Å². The number of hydrogen-bond acceptors (Lipinski definition) is 3. The first kappa shape index (κ1) is 18.2. The van der Waals surface area contributed by atoms with E-state index in [1.165, 1.54) is 12.7 Å². The van der Waals surface area contributed by atoms with E-state index in [2.05, 4.69) is 29.5 Å². The van der Waals surface area contributed by atoms with Crippen molar-refractivity contribution in [1.29, 1.82) is 0 Å². The van der Waals surface area contributed by atoms with E-state index in [-0.39, 0.29) is 11.8 Å². The van der Waals surface area contributed by atoms with Gasteiger partial charge in [-0.25, -0.2) is 8.42 Å². The van der Waals surface area contributed by atoms with Crippen LogP contribution < -0.4 is 10.6 Å². The SMILES string of the molecule is CN=C(NCCCC(C)C)NC(C)CCS(C)(=O)=O. The predicted octanol–water partition coefficient (Wildman–Crippen LogP) is 1.41. The maximum absolute atomic E-state index is 11.1. The average Bonchev–Trinajstić information content (AvgIpc) is 2.29. The van der Waals surface area contributed by atoms with Gasteiger partial charge in [0.1, 0.15) is 9.84 Å². The lowest BCUT2D eigenvalue weighted by Gasteiger charge is -2.17. The van der Waals surface area contributed by atoms with E-state index in [1.54, 1.807) is 7.05 Å². The molecule has 19 heavy (non-hydrogen) atoms. The molecule has 0 aliphatic heterocycles. The average molecular weight is 291 g/mol. The van der Waals surface area contributed by atoms with Gasteiger partial charge in [0.15, 0.2) is 5.96 Å². The topological polar surface area (TPSA) is 70.6 Å². The molecule has 0 saturated heterocycles. The Morgan fingerprint density at radius 2 is 1.84 bits per heavy atom. The van der Waals surface area contributed by atoms with Crippen LogP contribution in [0.15, 0.2) is 4.99 Å². The molecule has 5 nitrogen and oxygen atoms in total. The van der Waals surface area contributed by atoms with E-state index in [4.69, 9.17) is 0 Å². The molecular formula is C13H29N3O2S. The number of nitrogens with one attached hydrogen (secondary N) is 2. The quantitative estimate of drug-likeness (QED) is 0.403. The van der Waals surface area contributed by atoms with Crippen LogP contribution in [0.5, 0.6) is 0 Å². The minimum atomic E-state index is -2.89. The third-order valence-electron chi connectivity index (χ3n) is 2.78. The van der Waals surface area contributed by atoms with Crippen LogP contribution in [0.1, 0.15) is 40.0 Å². The van der Waals surface area contributed by atoms with Crippen molar-refractivity contribution in [3.63, 3.8) is 0 Å². The summed E-state index contributed by atoms with van der Waals surface area (Å²) in [6.07, 6.45) is 4.15. The van der Waals surface area contributed by atoms with Gasteiger partial charge in [0.25, 0.3) is 0 Å². The predicted molar refractivity (Wildman–Crippen MR) is 82.4 cm³/mol. The first-order valence-corrected chi connectivity index (χ1v) is 8.95. The molecule has 0 amide bonds. The van der Waals surface area contributed by atoms with Crippen LogP contribution in [0.3, 0.4) is 0 Å². The lowest BCUT2D eigenvalue weighted by molar-refractivity contribution is 0.545. The van der Waals surface area contributed by atoms with E-state index in [0.29, 0.717) is 12.3 Å². The molecule has 0 heterocycles.